The molecule has 0 saturated carbocycles. The Labute approximate surface area is 419 Å². The number of fused-ring (bicyclic) bond motifs is 18. The molecule has 13 aromatic rings. The zero-order valence-electron chi connectivity index (χ0n) is 44.1. The Kier molecular flexibility index (Phi) is 9.02. The maximum atomic E-state index is 6.03. The summed E-state index contributed by atoms with van der Waals surface area (Å²) in [5.41, 5.74) is 3.36. The lowest BCUT2D eigenvalue weighted by molar-refractivity contribution is 0.356. The quantitative estimate of drug-likeness (QED) is 0.155. The van der Waals surface area contributed by atoms with E-state index in [9.17, 15) is 0 Å². The SMILES string of the molecule is COc1cc2cc3c4c(cc(C(C)(C)C)cc4c4c3c3c5cc(C(C)(C)C)cc6c7cc(OC)c(OC)cc7cc(c65)c3c3c5cc(C(C)(C)C)cc6c7cc(OC)c(OC)cc7cc(c65)c43)c2cc1OC. The van der Waals surface area contributed by atoms with E-state index in [1.165, 1.54) is 114 Å². The second-order valence-corrected chi connectivity index (χ2v) is 23.4. The highest BCUT2D eigenvalue weighted by Crippen LogP contribution is 2.59. The lowest BCUT2D eigenvalue weighted by atomic mass is 9.84. The Hall–Kier alpha value is -7.44. The summed E-state index contributed by atoms with van der Waals surface area (Å²) in [7, 11) is 10.4. The van der Waals surface area contributed by atoms with E-state index in [0.717, 1.165) is 32.3 Å². The molecule has 0 atom stereocenters. The highest BCUT2D eigenvalue weighted by molar-refractivity contribution is 6.57. The first-order valence-corrected chi connectivity index (χ1v) is 25.1. The van der Waals surface area contributed by atoms with Crippen LogP contribution >= 0.6 is 0 Å². The van der Waals surface area contributed by atoms with Gasteiger partial charge in [0, 0.05) is 0 Å². The normalized spacial score (nSPS) is 13.2. The van der Waals surface area contributed by atoms with Gasteiger partial charge in [0.2, 0.25) is 0 Å². The fraction of sp³-hybridized carbons (Fsp3) is 0.273. The molecule has 72 heavy (non-hydrogen) atoms. The molecule has 0 aliphatic heterocycles. The first-order chi connectivity index (χ1) is 34.3. The minimum Gasteiger partial charge on any atom is -0.493 e. The van der Waals surface area contributed by atoms with Crippen LogP contribution in [0.2, 0.25) is 0 Å². The van der Waals surface area contributed by atoms with Crippen LogP contribution in [-0.2, 0) is 16.2 Å². The Balaban J connectivity index is 1.43. The lowest BCUT2D eigenvalue weighted by Crippen LogP contribution is -2.10. The van der Waals surface area contributed by atoms with Crippen LogP contribution in [0.3, 0.4) is 0 Å². The van der Waals surface area contributed by atoms with Crippen molar-refractivity contribution in [3.05, 3.63) is 108 Å². The molecule has 0 amide bonds. The Morgan fingerprint density at radius 2 is 0.403 bits per heavy atom. The van der Waals surface area contributed by atoms with Crippen LogP contribution in [0.25, 0.3) is 129 Å². The molecular formula is C66H60O6. The number of hydrogen-bond acceptors (Lipinski definition) is 6. The third kappa shape index (κ3) is 5.78. The van der Waals surface area contributed by atoms with Crippen LogP contribution < -0.4 is 28.4 Å². The molecule has 0 aliphatic rings. The van der Waals surface area contributed by atoms with E-state index < -0.39 is 0 Å². The first kappa shape index (κ1) is 44.5. The monoisotopic (exact) mass is 948 g/mol. The molecule has 0 heterocycles. The zero-order chi connectivity index (χ0) is 50.4. The van der Waals surface area contributed by atoms with Crippen LogP contribution in [0.5, 0.6) is 34.5 Å². The Morgan fingerprint density at radius 1 is 0.208 bits per heavy atom. The maximum Gasteiger partial charge on any atom is 0.161 e. The number of rotatable bonds is 6. The summed E-state index contributed by atoms with van der Waals surface area (Å²) in [6.07, 6.45) is 0. The van der Waals surface area contributed by atoms with E-state index in [-0.39, 0.29) is 16.2 Å². The van der Waals surface area contributed by atoms with Gasteiger partial charge >= 0.3 is 0 Å². The van der Waals surface area contributed by atoms with Gasteiger partial charge in [-0.25, -0.2) is 0 Å². The molecule has 0 saturated heterocycles. The van der Waals surface area contributed by atoms with Gasteiger partial charge in [-0.15, -0.1) is 0 Å². The Morgan fingerprint density at radius 3 is 0.611 bits per heavy atom. The summed E-state index contributed by atoms with van der Waals surface area (Å²) in [4.78, 5) is 0. The number of hydrogen-bond donors (Lipinski definition) is 0. The van der Waals surface area contributed by atoms with Crippen molar-refractivity contribution in [1.82, 2.24) is 0 Å². The fourth-order valence-electron chi connectivity index (χ4n) is 12.7. The van der Waals surface area contributed by atoms with Gasteiger partial charge in [-0.3, -0.25) is 0 Å². The van der Waals surface area contributed by atoms with E-state index in [2.05, 4.69) is 153 Å². The van der Waals surface area contributed by atoms with Crippen molar-refractivity contribution >= 4 is 129 Å². The van der Waals surface area contributed by atoms with E-state index in [0.29, 0.717) is 34.5 Å². The fourth-order valence-corrected chi connectivity index (χ4v) is 12.7. The molecule has 0 aliphatic carbocycles. The summed E-state index contributed by atoms with van der Waals surface area (Å²) >= 11 is 0. The molecule has 6 nitrogen and oxygen atoms in total. The molecule has 13 rings (SSSR count). The summed E-state index contributed by atoms with van der Waals surface area (Å²) in [5, 5.41) is 29.4. The summed E-state index contributed by atoms with van der Waals surface area (Å²) in [6.45, 7) is 21.0. The highest BCUT2D eigenvalue weighted by Gasteiger charge is 2.32. The van der Waals surface area contributed by atoms with Crippen LogP contribution in [0.15, 0.2) is 91.0 Å². The highest BCUT2D eigenvalue weighted by atomic mass is 16.5. The van der Waals surface area contributed by atoms with Gasteiger partial charge in [-0.1, -0.05) is 62.3 Å². The standard InChI is InChI=1S/C66H60O6/c1-64(2,3)34-22-40-37-28-52(70-13)49(67-10)19-31(37)16-43-55(40)46(25-34)61-58(43)62-48-27-36(66(7,8)9)24-42-39-30-54(72-15)51(69-12)21-33(39)18-45(57(42)48)60(62)63-47-26-35(65(4,5)6)23-41-38-29-53(71-14)50(68-11)20-32(38)17-44(56(41)47)59(61)63/h16-30H,1-15H3. The molecule has 0 bridgehead atoms. The minimum atomic E-state index is -0.158. The molecule has 0 aromatic heterocycles. The van der Waals surface area contributed by atoms with Crippen molar-refractivity contribution in [3.63, 3.8) is 0 Å². The molecule has 0 spiro atoms. The average Bonchev–Trinajstić information content (AvgIpc) is 3.97. The van der Waals surface area contributed by atoms with Gasteiger partial charge in [0.15, 0.2) is 34.5 Å². The minimum absolute atomic E-state index is 0.158. The van der Waals surface area contributed by atoms with Crippen LogP contribution in [0.1, 0.15) is 79.0 Å². The third-order valence-electron chi connectivity index (χ3n) is 16.4. The van der Waals surface area contributed by atoms with Gasteiger partial charge in [-0.05, 0) is 253 Å². The van der Waals surface area contributed by atoms with E-state index in [1.54, 1.807) is 42.7 Å². The van der Waals surface area contributed by atoms with Crippen molar-refractivity contribution in [2.24, 2.45) is 0 Å². The number of ether oxygens (including phenoxy) is 6. The van der Waals surface area contributed by atoms with Gasteiger partial charge in [0.05, 0.1) is 42.7 Å². The van der Waals surface area contributed by atoms with Crippen LogP contribution in [-0.4, -0.2) is 42.7 Å². The second-order valence-electron chi connectivity index (χ2n) is 23.4. The predicted octanol–water partition coefficient (Wildman–Crippen LogP) is 17.8. The lowest BCUT2D eigenvalue weighted by Gasteiger charge is -2.21. The van der Waals surface area contributed by atoms with E-state index in [1.807, 2.05) is 0 Å². The first-order valence-electron chi connectivity index (χ1n) is 25.1. The van der Waals surface area contributed by atoms with Crippen molar-refractivity contribution in [1.29, 1.82) is 0 Å². The molecule has 0 radical (unpaired) electrons. The maximum absolute atomic E-state index is 6.03. The summed E-state index contributed by atoms with van der Waals surface area (Å²) in [6, 6.07) is 35.2. The molecule has 6 heteroatoms. The smallest absolute Gasteiger partial charge is 0.161 e. The van der Waals surface area contributed by atoms with Gasteiger partial charge < -0.3 is 28.4 Å². The van der Waals surface area contributed by atoms with Crippen molar-refractivity contribution in [3.8, 4) is 34.5 Å². The van der Waals surface area contributed by atoms with E-state index in [4.69, 9.17) is 28.4 Å². The molecule has 0 N–H and O–H groups in total. The average molecular weight is 949 g/mol. The third-order valence-corrected chi connectivity index (χ3v) is 16.4. The molecule has 0 unspecified atom stereocenters. The van der Waals surface area contributed by atoms with Gasteiger partial charge in [0.25, 0.3) is 0 Å². The van der Waals surface area contributed by atoms with Gasteiger partial charge in [0.1, 0.15) is 0 Å². The molecule has 360 valence electrons. The number of methoxy groups -OCH3 is 6. The van der Waals surface area contributed by atoms with Crippen LogP contribution in [0, 0.1) is 0 Å². The summed E-state index contributed by atoms with van der Waals surface area (Å²) < 4.78 is 36.2. The second kappa shape index (κ2) is 14.6. The molecule has 0 fully saturated rings. The Bertz CT molecular complexity index is 4010. The van der Waals surface area contributed by atoms with Crippen molar-refractivity contribution < 1.29 is 28.4 Å². The topological polar surface area (TPSA) is 55.4 Å². The largest absolute Gasteiger partial charge is 0.493 e. The van der Waals surface area contributed by atoms with Crippen LogP contribution in [0.4, 0.5) is 0 Å². The zero-order valence-corrected chi connectivity index (χ0v) is 44.1. The molecular weight excluding hydrogens is 889 g/mol. The van der Waals surface area contributed by atoms with Crippen molar-refractivity contribution in [2.45, 2.75) is 78.6 Å². The van der Waals surface area contributed by atoms with Crippen molar-refractivity contribution in [2.75, 3.05) is 42.7 Å². The predicted molar refractivity (Wildman–Crippen MR) is 305 cm³/mol. The van der Waals surface area contributed by atoms with E-state index >= 15 is 0 Å². The molecule has 13 aromatic carbocycles. The van der Waals surface area contributed by atoms with Gasteiger partial charge in [-0.2, -0.15) is 0 Å². The summed E-state index contributed by atoms with van der Waals surface area (Å²) in [5.74, 6) is 4.28. The number of benzene rings is 10.